The number of aromatic nitrogens is 2. The van der Waals surface area contributed by atoms with Crippen LogP contribution in [-0.2, 0) is 6.54 Å². The Balaban J connectivity index is 1.74. The van der Waals surface area contributed by atoms with Crippen LogP contribution in [0, 0.1) is 0 Å². The number of rotatable bonds is 3. The molecule has 1 fully saturated rings. The third kappa shape index (κ3) is 2.57. The van der Waals surface area contributed by atoms with Gasteiger partial charge in [0.15, 0.2) is 0 Å². The summed E-state index contributed by atoms with van der Waals surface area (Å²) in [6.07, 6.45) is 0. The predicted octanol–water partition coefficient (Wildman–Crippen LogP) is 0.283. The Kier molecular flexibility index (Phi) is 3.50. The molecule has 1 aromatic heterocycles. The fraction of sp³-hybridized carbons (Fsp3) is 0.500. The van der Waals surface area contributed by atoms with Crippen LogP contribution >= 0.6 is 0 Å². The molecule has 2 N–H and O–H groups in total. The average molecular weight is 276 g/mol. The highest BCUT2D eigenvalue weighted by Crippen LogP contribution is 2.16. The van der Waals surface area contributed by atoms with E-state index in [-0.39, 0.29) is 11.4 Å². The van der Waals surface area contributed by atoms with Gasteiger partial charge in [-0.15, -0.1) is 0 Å². The molecule has 6 nitrogen and oxygen atoms in total. The molecular weight excluding hydrogens is 256 g/mol. The van der Waals surface area contributed by atoms with Gasteiger partial charge < -0.3 is 15.0 Å². The van der Waals surface area contributed by atoms with Gasteiger partial charge in [-0.05, 0) is 19.2 Å². The van der Waals surface area contributed by atoms with Gasteiger partial charge in [0.2, 0.25) is 0 Å². The molecule has 108 valence electrons. The summed E-state index contributed by atoms with van der Waals surface area (Å²) in [5, 5.41) is 9.44. The molecule has 2 aromatic rings. The second kappa shape index (κ2) is 5.30. The lowest BCUT2D eigenvalue weighted by atomic mass is 10.3. The number of aromatic hydroxyl groups is 1. The molecule has 0 amide bonds. The van der Waals surface area contributed by atoms with Crippen molar-refractivity contribution < 1.29 is 5.11 Å². The highest BCUT2D eigenvalue weighted by molar-refractivity contribution is 5.76. The van der Waals surface area contributed by atoms with Crippen LogP contribution < -0.4 is 5.69 Å². The third-order valence-corrected chi connectivity index (χ3v) is 3.99. The van der Waals surface area contributed by atoms with Crippen molar-refractivity contribution in [3.63, 3.8) is 0 Å². The summed E-state index contributed by atoms with van der Waals surface area (Å²) in [7, 11) is 2.13. The molecule has 1 aromatic carbocycles. The van der Waals surface area contributed by atoms with E-state index in [9.17, 15) is 9.90 Å². The quantitative estimate of drug-likeness (QED) is 0.845. The van der Waals surface area contributed by atoms with Crippen LogP contribution in [0.15, 0.2) is 23.0 Å². The van der Waals surface area contributed by atoms with E-state index in [1.54, 1.807) is 22.8 Å². The van der Waals surface area contributed by atoms with E-state index < -0.39 is 0 Å². The van der Waals surface area contributed by atoms with Crippen LogP contribution in [0.4, 0.5) is 0 Å². The minimum atomic E-state index is -0.111. The van der Waals surface area contributed by atoms with Crippen molar-refractivity contribution in [3.8, 4) is 5.75 Å². The van der Waals surface area contributed by atoms with Gasteiger partial charge in [-0.25, -0.2) is 4.79 Å². The molecule has 1 saturated heterocycles. The lowest BCUT2D eigenvalue weighted by Gasteiger charge is -2.32. The lowest BCUT2D eigenvalue weighted by Crippen LogP contribution is -2.45. The molecule has 0 saturated carbocycles. The van der Waals surface area contributed by atoms with Gasteiger partial charge in [0.25, 0.3) is 0 Å². The Morgan fingerprint density at radius 1 is 1.20 bits per heavy atom. The Morgan fingerprint density at radius 2 is 1.95 bits per heavy atom. The van der Waals surface area contributed by atoms with Gasteiger partial charge in [0.05, 0.1) is 11.0 Å². The van der Waals surface area contributed by atoms with Crippen molar-refractivity contribution in [3.05, 3.63) is 28.7 Å². The topological polar surface area (TPSA) is 64.5 Å². The summed E-state index contributed by atoms with van der Waals surface area (Å²) in [5.41, 5.74) is 1.43. The number of H-pyrrole nitrogens is 1. The van der Waals surface area contributed by atoms with Crippen LogP contribution in [0.25, 0.3) is 11.0 Å². The monoisotopic (exact) mass is 276 g/mol. The van der Waals surface area contributed by atoms with Crippen LogP contribution in [0.1, 0.15) is 0 Å². The highest BCUT2D eigenvalue weighted by atomic mass is 16.3. The van der Waals surface area contributed by atoms with Gasteiger partial charge in [0.1, 0.15) is 5.75 Å². The Labute approximate surface area is 117 Å². The van der Waals surface area contributed by atoms with Crippen molar-refractivity contribution >= 4 is 11.0 Å². The van der Waals surface area contributed by atoms with Crippen LogP contribution in [0.3, 0.4) is 0 Å². The van der Waals surface area contributed by atoms with E-state index in [1.165, 1.54) is 0 Å². The molecule has 0 atom stereocenters. The first kappa shape index (κ1) is 13.2. The molecule has 6 heteroatoms. The average Bonchev–Trinajstić information content (AvgIpc) is 2.73. The van der Waals surface area contributed by atoms with E-state index in [2.05, 4.69) is 21.8 Å². The number of phenolic OH excluding ortho intramolecular Hbond substituents is 1. The number of piperazine rings is 1. The minimum Gasteiger partial charge on any atom is -0.508 e. The van der Waals surface area contributed by atoms with E-state index in [0.717, 1.165) is 38.2 Å². The van der Waals surface area contributed by atoms with Gasteiger partial charge in [-0.3, -0.25) is 9.47 Å². The highest BCUT2D eigenvalue weighted by Gasteiger charge is 2.14. The molecule has 3 rings (SSSR count). The fourth-order valence-corrected chi connectivity index (χ4v) is 2.69. The molecule has 2 heterocycles. The van der Waals surface area contributed by atoms with Crippen LogP contribution in [0.2, 0.25) is 0 Å². The first-order valence-corrected chi connectivity index (χ1v) is 6.96. The first-order chi connectivity index (χ1) is 9.63. The Hall–Kier alpha value is -1.79. The molecule has 0 unspecified atom stereocenters. The maximum atomic E-state index is 12.0. The molecule has 20 heavy (non-hydrogen) atoms. The maximum Gasteiger partial charge on any atom is 0.326 e. The number of nitrogens with zero attached hydrogens (tertiary/aromatic N) is 3. The molecule has 1 aliphatic rings. The first-order valence-electron chi connectivity index (χ1n) is 6.96. The number of hydrogen-bond acceptors (Lipinski definition) is 4. The second-order valence-electron chi connectivity index (χ2n) is 5.43. The minimum absolute atomic E-state index is 0.111. The fourth-order valence-electron chi connectivity index (χ4n) is 2.69. The van der Waals surface area contributed by atoms with Crippen LogP contribution in [0.5, 0.6) is 5.75 Å². The summed E-state index contributed by atoms with van der Waals surface area (Å²) < 4.78 is 1.74. The number of fused-ring (bicyclic) bond motifs is 1. The lowest BCUT2D eigenvalue weighted by molar-refractivity contribution is 0.150. The van der Waals surface area contributed by atoms with Crippen molar-refractivity contribution in [2.75, 3.05) is 39.8 Å². The number of benzene rings is 1. The molecule has 1 aliphatic heterocycles. The molecule has 0 spiro atoms. The van der Waals surface area contributed by atoms with Crippen molar-refractivity contribution in [2.45, 2.75) is 6.54 Å². The summed E-state index contributed by atoms with van der Waals surface area (Å²) in [6, 6.07) is 4.98. The Bertz CT molecular complexity index is 653. The third-order valence-electron chi connectivity index (χ3n) is 3.99. The number of nitrogens with one attached hydrogen (secondary N) is 1. The van der Waals surface area contributed by atoms with Crippen LogP contribution in [-0.4, -0.2) is 64.2 Å². The van der Waals surface area contributed by atoms with Gasteiger partial charge in [0, 0.05) is 45.3 Å². The SMILES string of the molecule is CN1CCN(CCn2c(=O)[nH]c3cc(O)ccc32)CC1. The van der Waals surface area contributed by atoms with E-state index in [0.29, 0.717) is 12.1 Å². The Morgan fingerprint density at radius 3 is 2.70 bits per heavy atom. The largest absolute Gasteiger partial charge is 0.508 e. The summed E-state index contributed by atoms with van der Waals surface area (Å²) >= 11 is 0. The number of aromatic amines is 1. The predicted molar refractivity (Wildman–Crippen MR) is 78.2 cm³/mol. The summed E-state index contributed by atoms with van der Waals surface area (Å²) in [6.45, 7) is 5.81. The van der Waals surface area contributed by atoms with Gasteiger partial charge in [-0.1, -0.05) is 0 Å². The molecule has 0 radical (unpaired) electrons. The number of hydrogen-bond donors (Lipinski definition) is 2. The molecule has 0 bridgehead atoms. The second-order valence-corrected chi connectivity index (χ2v) is 5.43. The van der Waals surface area contributed by atoms with E-state index in [4.69, 9.17) is 0 Å². The van der Waals surface area contributed by atoms with Crippen molar-refractivity contribution in [1.82, 2.24) is 19.4 Å². The molecular formula is C14H20N4O2. The number of likely N-dealkylation sites (N-methyl/N-ethyl adjacent to an activating group) is 1. The molecule has 0 aliphatic carbocycles. The zero-order chi connectivity index (χ0) is 14.1. The normalized spacial score (nSPS) is 17.9. The number of phenols is 1. The van der Waals surface area contributed by atoms with Gasteiger partial charge in [-0.2, -0.15) is 0 Å². The number of imidazole rings is 1. The van der Waals surface area contributed by atoms with Crippen molar-refractivity contribution in [1.29, 1.82) is 0 Å². The van der Waals surface area contributed by atoms with E-state index in [1.807, 2.05) is 0 Å². The zero-order valence-corrected chi connectivity index (χ0v) is 11.7. The standard InChI is InChI=1S/C14H20N4O2/c1-16-4-6-17(7-5-16)8-9-18-13-3-2-11(19)10-12(13)15-14(18)20/h2-3,10,19H,4-9H2,1H3,(H,15,20). The summed E-state index contributed by atoms with van der Waals surface area (Å²) in [5.74, 6) is 0.171. The van der Waals surface area contributed by atoms with Gasteiger partial charge >= 0.3 is 5.69 Å². The smallest absolute Gasteiger partial charge is 0.326 e. The summed E-state index contributed by atoms with van der Waals surface area (Å²) in [4.78, 5) is 19.5. The van der Waals surface area contributed by atoms with E-state index >= 15 is 0 Å². The van der Waals surface area contributed by atoms with Crippen molar-refractivity contribution in [2.24, 2.45) is 0 Å². The maximum absolute atomic E-state index is 12.0. The zero-order valence-electron chi connectivity index (χ0n) is 11.7.